The molecule has 2 amide bonds. The van der Waals surface area contributed by atoms with Gasteiger partial charge in [0.05, 0.1) is 24.9 Å². The van der Waals surface area contributed by atoms with E-state index in [2.05, 4.69) is 37.5 Å². The van der Waals surface area contributed by atoms with Crippen molar-refractivity contribution in [1.82, 2.24) is 30.6 Å². The van der Waals surface area contributed by atoms with Crippen LogP contribution in [-0.4, -0.2) is 69.8 Å². The number of nitrogens with zero attached hydrogens (tertiary/aromatic N) is 7. The molecule has 344 valence electrons. The molecule has 2 aromatic heterocycles. The van der Waals surface area contributed by atoms with Crippen LogP contribution in [0.25, 0.3) is 22.9 Å². The molecule has 21 heteroatoms. The topological polar surface area (TPSA) is 134 Å². The molecule has 2 saturated heterocycles. The van der Waals surface area contributed by atoms with Crippen LogP contribution in [-0.2, 0) is 22.7 Å². The van der Waals surface area contributed by atoms with Gasteiger partial charge in [0.25, 0.3) is 11.8 Å². The number of nitrogens with one attached hydrogen (secondary N) is 1. The Labute approximate surface area is 373 Å². The van der Waals surface area contributed by atoms with Gasteiger partial charge in [-0.15, -0.1) is 32.8 Å². The lowest BCUT2D eigenvalue weighted by Gasteiger charge is -2.40. The zero-order valence-electron chi connectivity index (χ0n) is 34.5. The first-order valence-corrected chi connectivity index (χ1v) is 20.2. The summed E-state index contributed by atoms with van der Waals surface area (Å²) in [5.74, 6) is -5.56. The predicted octanol–water partition coefficient (Wildman–Crippen LogP) is 9.34. The van der Waals surface area contributed by atoms with Crippen molar-refractivity contribution in [2.75, 3.05) is 42.5 Å². The SMILES string of the molecule is CCCCN1CC(C(=O)N(Cc2ccc(-c3nnc(C(F)F)o3)cc2F)c2cccc(F)c2)C1.Cl.O=C(C1CNC1)N(Cc1ccc(-c2nnc(C(F)F)o2)cc1F)c1cccc(F)c1. The highest BCUT2D eigenvalue weighted by Crippen LogP contribution is 2.30. The summed E-state index contributed by atoms with van der Waals surface area (Å²) < 4.78 is 118. The summed E-state index contributed by atoms with van der Waals surface area (Å²) in [6, 6.07) is 19.0. The Kier molecular flexibility index (Phi) is 16.0. The molecule has 2 fully saturated rings. The molecule has 4 heterocycles. The van der Waals surface area contributed by atoms with Crippen molar-refractivity contribution in [2.24, 2.45) is 11.8 Å². The van der Waals surface area contributed by atoms with Gasteiger partial charge in [-0.1, -0.05) is 37.6 Å². The Morgan fingerprint density at radius 2 is 1.14 bits per heavy atom. The molecule has 0 atom stereocenters. The maximum Gasteiger partial charge on any atom is 0.314 e. The Balaban J connectivity index is 0.000000214. The molecule has 12 nitrogen and oxygen atoms in total. The second-order valence-corrected chi connectivity index (χ2v) is 15.1. The number of hydrogen-bond donors (Lipinski definition) is 1. The molecular weight excluding hydrogens is 892 g/mol. The van der Waals surface area contributed by atoms with Crippen LogP contribution >= 0.6 is 12.4 Å². The molecule has 0 aliphatic carbocycles. The molecule has 1 N–H and O–H groups in total. The molecule has 4 aromatic carbocycles. The van der Waals surface area contributed by atoms with Crippen LogP contribution in [0.1, 0.15) is 55.5 Å². The van der Waals surface area contributed by atoms with Gasteiger partial charge in [0, 0.05) is 59.8 Å². The number of halogens is 9. The van der Waals surface area contributed by atoms with Crippen LogP contribution in [0.2, 0.25) is 0 Å². The molecule has 65 heavy (non-hydrogen) atoms. The Morgan fingerprint density at radius 1 is 0.677 bits per heavy atom. The van der Waals surface area contributed by atoms with Gasteiger partial charge in [0.2, 0.25) is 23.6 Å². The van der Waals surface area contributed by atoms with E-state index in [-0.39, 0.29) is 83.2 Å². The molecule has 0 unspecified atom stereocenters. The Morgan fingerprint density at radius 3 is 1.51 bits per heavy atom. The number of likely N-dealkylation sites (tertiary alicyclic amines) is 1. The van der Waals surface area contributed by atoms with E-state index in [0.29, 0.717) is 37.6 Å². The number of rotatable bonds is 15. The lowest BCUT2D eigenvalue weighted by Crippen LogP contribution is -2.54. The number of carbonyl (C=O) groups is 2. The zero-order chi connectivity index (χ0) is 45.5. The first-order chi connectivity index (χ1) is 30.8. The smallest absolute Gasteiger partial charge is 0.314 e. The minimum absolute atomic E-state index is 0. The molecular formula is C44H41ClF8N8O4. The molecule has 8 rings (SSSR count). The van der Waals surface area contributed by atoms with Gasteiger partial charge in [-0.25, -0.2) is 17.6 Å². The number of alkyl halides is 4. The predicted molar refractivity (Wildman–Crippen MR) is 223 cm³/mol. The largest absolute Gasteiger partial charge is 0.415 e. The normalized spacial score (nSPS) is 14.0. The van der Waals surface area contributed by atoms with Crippen molar-refractivity contribution in [3.63, 3.8) is 0 Å². The van der Waals surface area contributed by atoms with Gasteiger partial charge < -0.3 is 28.9 Å². The lowest BCUT2D eigenvalue weighted by molar-refractivity contribution is -0.127. The summed E-state index contributed by atoms with van der Waals surface area (Å²) in [7, 11) is 0. The third kappa shape index (κ3) is 11.7. The van der Waals surface area contributed by atoms with Crippen LogP contribution in [0, 0.1) is 35.1 Å². The van der Waals surface area contributed by atoms with Crippen molar-refractivity contribution in [3.8, 4) is 22.9 Å². The summed E-state index contributed by atoms with van der Waals surface area (Å²) in [6.07, 6.45) is -3.75. The van der Waals surface area contributed by atoms with Gasteiger partial charge in [-0.3, -0.25) is 9.59 Å². The monoisotopic (exact) mass is 932 g/mol. The van der Waals surface area contributed by atoms with E-state index in [1.807, 2.05) is 0 Å². The van der Waals surface area contributed by atoms with E-state index in [4.69, 9.17) is 8.83 Å². The number of anilines is 2. The lowest BCUT2D eigenvalue weighted by atomic mass is 9.97. The quantitative estimate of drug-likeness (QED) is 0.0994. The molecule has 0 saturated carbocycles. The highest BCUT2D eigenvalue weighted by molar-refractivity contribution is 5.96. The van der Waals surface area contributed by atoms with Gasteiger partial charge in [0.15, 0.2) is 0 Å². The fraction of sp³-hybridized carbons (Fsp3) is 0.318. The maximum atomic E-state index is 15.0. The van der Waals surface area contributed by atoms with E-state index in [1.165, 1.54) is 70.5 Å². The molecule has 0 bridgehead atoms. The Bertz CT molecular complexity index is 2570. The average molecular weight is 933 g/mol. The third-order valence-corrected chi connectivity index (χ3v) is 10.5. The van der Waals surface area contributed by atoms with Crippen LogP contribution in [0.5, 0.6) is 0 Å². The molecule has 0 radical (unpaired) electrons. The van der Waals surface area contributed by atoms with E-state index in [0.717, 1.165) is 31.5 Å². The second-order valence-electron chi connectivity index (χ2n) is 15.1. The van der Waals surface area contributed by atoms with E-state index < -0.39 is 47.9 Å². The number of hydrogen-bond acceptors (Lipinski definition) is 10. The summed E-state index contributed by atoms with van der Waals surface area (Å²) in [6.45, 7) is 4.98. The van der Waals surface area contributed by atoms with E-state index in [9.17, 15) is 44.7 Å². The zero-order valence-corrected chi connectivity index (χ0v) is 35.3. The van der Waals surface area contributed by atoms with Crippen molar-refractivity contribution in [1.29, 1.82) is 0 Å². The summed E-state index contributed by atoms with van der Waals surface area (Å²) in [4.78, 5) is 31.0. The highest BCUT2D eigenvalue weighted by atomic mass is 35.5. The number of benzene rings is 4. The first kappa shape index (κ1) is 48.2. The van der Waals surface area contributed by atoms with Crippen molar-refractivity contribution in [3.05, 3.63) is 131 Å². The van der Waals surface area contributed by atoms with Crippen LogP contribution < -0.4 is 15.1 Å². The number of aromatic nitrogens is 4. The summed E-state index contributed by atoms with van der Waals surface area (Å²) in [5, 5.41) is 16.5. The van der Waals surface area contributed by atoms with Crippen molar-refractivity contribution >= 4 is 35.6 Å². The van der Waals surface area contributed by atoms with Crippen molar-refractivity contribution < 1.29 is 53.5 Å². The van der Waals surface area contributed by atoms with Crippen LogP contribution in [0.15, 0.2) is 93.8 Å². The minimum atomic E-state index is -2.93. The molecule has 0 spiro atoms. The molecule has 2 aliphatic rings. The van der Waals surface area contributed by atoms with E-state index >= 15 is 0 Å². The Hall–Kier alpha value is -6.25. The molecule has 6 aromatic rings. The third-order valence-electron chi connectivity index (χ3n) is 10.5. The van der Waals surface area contributed by atoms with Gasteiger partial charge in [-0.05, 0) is 73.6 Å². The van der Waals surface area contributed by atoms with Crippen LogP contribution in [0.3, 0.4) is 0 Å². The summed E-state index contributed by atoms with van der Waals surface area (Å²) in [5.41, 5.74) is 1.25. The fourth-order valence-corrected chi connectivity index (χ4v) is 6.91. The fourth-order valence-electron chi connectivity index (χ4n) is 6.91. The first-order valence-electron chi connectivity index (χ1n) is 20.2. The number of carbonyl (C=O) groups excluding carboxylic acids is 2. The minimum Gasteiger partial charge on any atom is -0.415 e. The molecule has 2 aliphatic heterocycles. The number of unbranched alkanes of at least 4 members (excludes halogenated alkanes) is 1. The van der Waals surface area contributed by atoms with Crippen molar-refractivity contribution in [2.45, 2.75) is 45.7 Å². The van der Waals surface area contributed by atoms with Gasteiger partial charge in [-0.2, -0.15) is 17.6 Å². The van der Waals surface area contributed by atoms with Gasteiger partial charge in [0.1, 0.15) is 23.3 Å². The maximum absolute atomic E-state index is 15.0. The van der Waals surface area contributed by atoms with Crippen LogP contribution in [0.4, 0.5) is 46.5 Å². The highest BCUT2D eigenvalue weighted by Gasteiger charge is 2.36. The van der Waals surface area contributed by atoms with Gasteiger partial charge >= 0.3 is 12.9 Å². The van der Waals surface area contributed by atoms with E-state index in [1.54, 1.807) is 12.1 Å². The number of amides is 2. The average Bonchev–Trinajstić information content (AvgIpc) is 3.94. The second kappa shape index (κ2) is 21.6. The standard InChI is InChI=1S/C24H24F4N4O2.C20H16F4N4O2.ClH/c1-2-3-9-31-12-17(13-31)24(33)32(19-6-4-5-18(25)11-19)14-16-8-7-15(10-20(16)26)22-29-30-23(34-22)21(27)28;21-14-2-1-3-15(7-14)28(20(29)13-8-25-9-13)10-12-5-4-11(6-16(12)22)18-26-27-19(30-18)17(23)24;/h4-8,10-11,17,21H,2-3,9,12-14H2,1H3;1-7,13,17,25H,8-10H2;1H. The summed E-state index contributed by atoms with van der Waals surface area (Å²) >= 11 is 0.